The maximum Gasteiger partial charge on any atom is 0.234 e. The van der Waals surface area contributed by atoms with Crippen LogP contribution in [0.5, 0.6) is 5.75 Å². The molecule has 0 aliphatic heterocycles. The van der Waals surface area contributed by atoms with Gasteiger partial charge >= 0.3 is 0 Å². The average molecular weight is 412 g/mol. The van der Waals surface area contributed by atoms with Crippen LogP contribution < -0.4 is 10.1 Å². The molecule has 3 rings (SSSR count). The van der Waals surface area contributed by atoms with Crippen molar-refractivity contribution in [3.8, 4) is 11.4 Å². The molecule has 1 aromatic heterocycles. The maximum atomic E-state index is 12.6. The van der Waals surface area contributed by atoms with E-state index in [1.807, 2.05) is 49.4 Å². The van der Waals surface area contributed by atoms with E-state index < -0.39 is 0 Å². The van der Waals surface area contributed by atoms with Crippen molar-refractivity contribution in [2.45, 2.75) is 38.3 Å². The molecule has 3 aromatic rings. The van der Waals surface area contributed by atoms with Crippen LogP contribution in [-0.2, 0) is 4.79 Å². The topological polar surface area (TPSA) is 81.9 Å². The Bertz CT molecular complexity index is 960. The fraction of sp³-hybridized carbons (Fsp3) is 0.333. The number of thioether (sulfide) groups is 1. The zero-order valence-electron chi connectivity index (χ0n) is 16.8. The third-order valence-corrected chi connectivity index (χ3v) is 5.46. The van der Waals surface area contributed by atoms with Crippen molar-refractivity contribution in [3.63, 3.8) is 0 Å². The molecule has 0 spiro atoms. The summed E-state index contributed by atoms with van der Waals surface area (Å²) in [6.07, 6.45) is 1.01. The second kappa shape index (κ2) is 10.1. The zero-order valence-corrected chi connectivity index (χ0v) is 17.6. The molecule has 0 radical (unpaired) electrons. The van der Waals surface area contributed by atoms with Gasteiger partial charge in [-0.15, -0.1) is 5.10 Å². The minimum atomic E-state index is -0.0987. The molecular weight excluding hydrogens is 386 g/mol. The molecule has 0 aliphatic rings. The Morgan fingerprint density at radius 1 is 1.17 bits per heavy atom. The molecule has 1 amide bonds. The number of para-hydroxylation sites is 3. The predicted octanol–water partition coefficient (Wildman–Crippen LogP) is 4.31. The highest BCUT2D eigenvalue weighted by molar-refractivity contribution is 7.99. The van der Waals surface area contributed by atoms with E-state index in [-0.39, 0.29) is 11.7 Å². The summed E-state index contributed by atoms with van der Waals surface area (Å²) in [4.78, 5) is 12.6. The Morgan fingerprint density at radius 2 is 1.93 bits per heavy atom. The van der Waals surface area contributed by atoms with Crippen LogP contribution in [0.3, 0.4) is 0 Å². The standard InChI is InChI=1S/C21H25N5O2S/c1-4-15(3)16-10-6-7-11-17(16)22-20(27)14-29-21-23-24-25-26(21)18-12-8-9-13-19(18)28-5-2/h6-13,15H,4-5,14H2,1-3H3,(H,22,27)/t15-/m1/s1. The maximum absolute atomic E-state index is 12.6. The molecule has 0 bridgehead atoms. The lowest BCUT2D eigenvalue weighted by Crippen LogP contribution is -2.16. The summed E-state index contributed by atoms with van der Waals surface area (Å²) in [5.74, 6) is 1.17. The van der Waals surface area contributed by atoms with Gasteiger partial charge in [0.15, 0.2) is 0 Å². The van der Waals surface area contributed by atoms with Crippen molar-refractivity contribution in [2.75, 3.05) is 17.7 Å². The number of tetrazole rings is 1. The first-order chi connectivity index (χ1) is 14.1. The molecule has 0 unspecified atom stereocenters. The fourth-order valence-electron chi connectivity index (χ4n) is 2.91. The number of nitrogens with one attached hydrogen (secondary N) is 1. The summed E-state index contributed by atoms with van der Waals surface area (Å²) < 4.78 is 7.25. The van der Waals surface area contributed by atoms with Gasteiger partial charge in [0.25, 0.3) is 0 Å². The number of nitrogens with zero attached hydrogens (tertiary/aromatic N) is 4. The number of benzene rings is 2. The quantitative estimate of drug-likeness (QED) is 0.529. The smallest absolute Gasteiger partial charge is 0.234 e. The molecule has 1 N–H and O–H groups in total. The Labute approximate surface area is 174 Å². The second-order valence-electron chi connectivity index (χ2n) is 6.51. The van der Waals surface area contributed by atoms with Crippen LogP contribution in [-0.4, -0.2) is 38.5 Å². The fourth-order valence-corrected chi connectivity index (χ4v) is 3.59. The highest BCUT2D eigenvalue weighted by Crippen LogP contribution is 2.28. The van der Waals surface area contributed by atoms with Crippen molar-refractivity contribution in [1.29, 1.82) is 0 Å². The number of rotatable bonds is 9. The van der Waals surface area contributed by atoms with E-state index in [1.165, 1.54) is 11.8 Å². The molecule has 0 aliphatic carbocycles. The van der Waals surface area contributed by atoms with Crippen LogP contribution in [0.4, 0.5) is 5.69 Å². The van der Waals surface area contributed by atoms with Crippen molar-refractivity contribution >= 4 is 23.4 Å². The third kappa shape index (κ3) is 5.14. The van der Waals surface area contributed by atoms with Crippen LogP contribution >= 0.6 is 11.8 Å². The van der Waals surface area contributed by atoms with Gasteiger partial charge in [-0.05, 0) is 53.5 Å². The van der Waals surface area contributed by atoms with Gasteiger partial charge in [0.1, 0.15) is 11.4 Å². The average Bonchev–Trinajstić information content (AvgIpc) is 3.21. The minimum Gasteiger partial charge on any atom is -0.492 e. The van der Waals surface area contributed by atoms with Gasteiger partial charge in [0, 0.05) is 5.69 Å². The molecule has 0 saturated carbocycles. The van der Waals surface area contributed by atoms with Gasteiger partial charge in [0.2, 0.25) is 11.1 Å². The summed E-state index contributed by atoms with van der Waals surface area (Å²) in [6, 6.07) is 15.5. The first-order valence-electron chi connectivity index (χ1n) is 9.66. The lowest BCUT2D eigenvalue weighted by Gasteiger charge is -2.15. The highest BCUT2D eigenvalue weighted by Gasteiger charge is 2.16. The molecular formula is C21H25N5O2S. The van der Waals surface area contributed by atoms with Crippen LogP contribution in [0.1, 0.15) is 38.7 Å². The number of hydrogen-bond donors (Lipinski definition) is 1. The van der Waals surface area contributed by atoms with Crippen LogP contribution in [0.15, 0.2) is 53.7 Å². The molecule has 1 heterocycles. The van der Waals surface area contributed by atoms with E-state index in [4.69, 9.17) is 4.74 Å². The SMILES string of the molecule is CCOc1ccccc1-n1nnnc1SCC(=O)Nc1ccccc1[C@H](C)CC. The molecule has 152 valence electrons. The summed E-state index contributed by atoms with van der Waals surface area (Å²) >= 11 is 1.28. The van der Waals surface area contributed by atoms with Gasteiger partial charge in [-0.1, -0.05) is 55.9 Å². The Kier molecular flexibility index (Phi) is 7.24. The molecule has 8 heteroatoms. The summed E-state index contributed by atoms with van der Waals surface area (Å²) in [7, 11) is 0. The summed E-state index contributed by atoms with van der Waals surface area (Å²) in [5.41, 5.74) is 2.74. The van der Waals surface area contributed by atoms with Crippen molar-refractivity contribution < 1.29 is 9.53 Å². The van der Waals surface area contributed by atoms with Crippen molar-refractivity contribution in [2.24, 2.45) is 0 Å². The van der Waals surface area contributed by atoms with E-state index >= 15 is 0 Å². The predicted molar refractivity (Wildman–Crippen MR) is 115 cm³/mol. The summed E-state index contributed by atoms with van der Waals surface area (Å²) in [6.45, 7) is 6.76. The number of aromatic nitrogens is 4. The largest absolute Gasteiger partial charge is 0.492 e. The van der Waals surface area contributed by atoms with Gasteiger partial charge < -0.3 is 10.1 Å². The van der Waals surface area contributed by atoms with E-state index in [1.54, 1.807) is 4.68 Å². The lowest BCUT2D eigenvalue weighted by atomic mass is 9.97. The monoisotopic (exact) mass is 411 g/mol. The molecule has 1 atom stereocenters. The highest BCUT2D eigenvalue weighted by atomic mass is 32.2. The zero-order chi connectivity index (χ0) is 20.6. The number of anilines is 1. The number of carbonyl (C=O) groups excluding carboxylic acids is 1. The van der Waals surface area contributed by atoms with Crippen molar-refractivity contribution in [1.82, 2.24) is 20.2 Å². The lowest BCUT2D eigenvalue weighted by molar-refractivity contribution is -0.113. The Balaban J connectivity index is 1.70. The van der Waals surface area contributed by atoms with E-state index in [0.29, 0.717) is 23.4 Å². The molecule has 0 saturated heterocycles. The number of amides is 1. The number of hydrogen-bond acceptors (Lipinski definition) is 6. The Hall–Kier alpha value is -2.87. The van der Waals surface area contributed by atoms with Crippen LogP contribution in [0.2, 0.25) is 0 Å². The van der Waals surface area contributed by atoms with Crippen molar-refractivity contribution in [3.05, 3.63) is 54.1 Å². The third-order valence-electron chi connectivity index (χ3n) is 4.54. The van der Waals surface area contributed by atoms with Crippen LogP contribution in [0, 0.1) is 0 Å². The Morgan fingerprint density at radius 3 is 2.72 bits per heavy atom. The van der Waals surface area contributed by atoms with E-state index in [0.717, 1.165) is 23.4 Å². The number of ether oxygens (including phenoxy) is 1. The van der Waals surface area contributed by atoms with E-state index in [2.05, 4.69) is 40.8 Å². The minimum absolute atomic E-state index is 0.0987. The molecule has 0 fully saturated rings. The summed E-state index contributed by atoms with van der Waals surface area (Å²) in [5, 5.41) is 15.4. The van der Waals surface area contributed by atoms with Gasteiger partial charge in [-0.25, -0.2) is 0 Å². The first-order valence-corrected chi connectivity index (χ1v) is 10.6. The van der Waals surface area contributed by atoms with Gasteiger partial charge in [-0.2, -0.15) is 4.68 Å². The van der Waals surface area contributed by atoms with E-state index in [9.17, 15) is 4.79 Å². The molecule has 7 nitrogen and oxygen atoms in total. The first kappa shape index (κ1) is 20.9. The second-order valence-corrected chi connectivity index (χ2v) is 7.45. The van der Waals surface area contributed by atoms with Gasteiger partial charge in [-0.3, -0.25) is 4.79 Å². The molecule has 29 heavy (non-hydrogen) atoms. The molecule has 2 aromatic carbocycles. The number of carbonyl (C=O) groups is 1. The van der Waals surface area contributed by atoms with Gasteiger partial charge in [0.05, 0.1) is 12.4 Å². The normalized spacial score (nSPS) is 11.8. The van der Waals surface area contributed by atoms with Crippen LogP contribution in [0.25, 0.3) is 5.69 Å².